The lowest BCUT2D eigenvalue weighted by Crippen LogP contribution is -2.40. The van der Waals surface area contributed by atoms with Gasteiger partial charge in [0.2, 0.25) is 0 Å². The van der Waals surface area contributed by atoms with Crippen molar-refractivity contribution in [2.24, 2.45) is 0 Å². The fraction of sp³-hybridized carbons (Fsp3) is 0.192. The van der Waals surface area contributed by atoms with E-state index in [1.807, 2.05) is 4.72 Å². The number of benzene rings is 3. The molecule has 3 rings (SSSR count). The number of rotatable bonds is 9. The van der Waals surface area contributed by atoms with E-state index >= 15 is 0 Å². The summed E-state index contributed by atoms with van der Waals surface area (Å²) in [4.78, 5) is 36.3. The molecule has 0 aromatic heterocycles. The molecule has 0 heterocycles. The maximum Gasteiger partial charge on any atom is 0.328 e. The number of nitrogens with one attached hydrogen (secondary N) is 5. The zero-order valence-corrected chi connectivity index (χ0v) is 21.9. The topological polar surface area (TPSA) is 146 Å². The van der Waals surface area contributed by atoms with Gasteiger partial charge in [0, 0.05) is 24.3 Å². The number of aryl methyl sites for hydroxylation is 2. The van der Waals surface area contributed by atoms with E-state index < -0.39 is 39.6 Å². The summed E-state index contributed by atoms with van der Waals surface area (Å²) in [6.45, 7) is 3.44. The number of amides is 5. The zero-order chi connectivity index (χ0) is 28.6. The van der Waals surface area contributed by atoms with Crippen molar-refractivity contribution in [2.45, 2.75) is 25.2 Å². The third kappa shape index (κ3) is 8.50. The molecule has 0 saturated heterocycles. The summed E-state index contributed by atoms with van der Waals surface area (Å²) in [5.41, 5.74) is 1.21. The molecule has 5 amide bonds. The Labute approximate surface area is 224 Å². The number of urea groups is 2. The van der Waals surface area contributed by atoms with Gasteiger partial charge in [-0.25, -0.2) is 31.5 Å². The van der Waals surface area contributed by atoms with E-state index in [2.05, 4.69) is 21.3 Å². The molecular weight excluding hydrogens is 532 g/mol. The van der Waals surface area contributed by atoms with Crippen molar-refractivity contribution in [1.29, 1.82) is 0 Å². The van der Waals surface area contributed by atoms with Crippen molar-refractivity contribution in [1.82, 2.24) is 15.4 Å². The first-order valence-electron chi connectivity index (χ1n) is 11.7. The minimum absolute atomic E-state index is 0.00238. The number of hydrogen-bond acceptors (Lipinski definition) is 5. The molecule has 0 radical (unpaired) electrons. The highest BCUT2D eigenvalue weighted by molar-refractivity contribution is 7.90. The Morgan fingerprint density at radius 2 is 1.54 bits per heavy atom. The van der Waals surface area contributed by atoms with Crippen molar-refractivity contribution in [3.8, 4) is 0 Å². The zero-order valence-electron chi connectivity index (χ0n) is 21.1. The van der Waals surface area contributed by atoms with Crippen LogP contribution in [0.5, 0.6) is 0 Å². The van der Waals surface area contributed by atoms with E-state index in [-0.39, 0.29) is 35.7 Å². The minimum atomic E-state index is -4.02. The smallest absolute Gasteiger partial charge is 0.328 e. The average Bonchev–Trinajstić information content (AvgIpc) is 2.87. The Morgan fingerprint density at radius 1 is 0.795 bits per heavy atom. The fourth-order valence-corrected chi connectivity index (χ4v) is 4.39. The van der Waals surface area contributed by atoms with Crippen molar-refractivity contribution >= 4 is 39.4 Å². The van der Waals surface area contributed by atoms with Gasteiger partial charge in [0.1, 0.15) is 11.6 Å². The molecule has 10 nitrogen and oxygen atoms in total. The lowest BCUT2D eigenvalue weighted by molar-refractivity contribution is 0.0953. The molecular formula is C26H27F2N5O5S. The summed E-state index contributed by atoms with van der Waals surface area (Å²) in [7, 11) is -4.02. The van der Waals surface area contributed by atoms with E-state index in [4.69, 9.17) is 0 Å². The summed E-state index contributed by atoms with van der Waals surface area (Å²) < 4.78 is 54.2. The molecule has 13 heteroatoms. The second-order valence-electron chi connectivity index (χ2n) is 8.53. The number of halogens is 2. The molecule has 0 atom stereocenters. The molecule has 5 N–H and O–H groups in total. The Kier molecular flexibility index (Phi) is 9.55. The van der Waals surface area contributed by atoms with Crippen molar-refractivity contribution in [2.75, 3.05) is 23.7 Å². The lowest BCUT2D eigenvalue weighted by atomic mass is 10.2. The molecule has 0 saturated carbocycles. The molecule has 0 unspecified atom stereocenters. The molecule has 0 spiro atoms. The van der Waals surface area contributed by atoms with Crippen LogP contribution in [0.25, 0.3) is 0 Å². The van der Waals surface area contributed by atoms with E-state index in [1.54, 1.807) is 19.1 Å². The van der Waals surface area contributed by atoms with Crippen LogP contribution in [0.15, 0.2) is 65.6 Å². The Bertz CT molecular complexity index is 1500. The monoisotopic (exact) mass is 559 g/mol. The van der Waals surface area contributed by atoms with Crippen LogP contribution in [-0.2, 0) is 10.0 Å². The van der Waals surface area contributed by atoms with Crippen LogP contribution in [0.4, 0.5) is 29.7 Å². The molecule has 0 aliphatic carbocycles. The van der Waals surface area contributed by atoms with Gasteiger partial charge in [-0.05, 0) is 79.9 Å². The number of carbonyl (C=O) groups excluding carboxylic acids is 3. The van der Waals surface area contributed by atoms with Crippen LogP contribution >= 0.6 is 0 Å². The summed E-state index contributed by atoms with van der Waals surface area (Å²) in [6.07, 6.45) is 0.273. The highest BCUT2D eigenvalue weighted by Gasteiger charge is 2.17. The van der Waals surface area contributed by atoms with Crippen LogP contribution in [-0.4, -0.2) is 39.5 Å². The van der Waals surface area contributed by atoms with Gasteiger partial charge in [-0.1, -0.05) is 12.1 Å². The van der Waals surface area contributed by atoms with Crippen LogP contribution < -0.4 is 26.0 Å². The Morgan fingerprint density at radius 3 is 2.23 bits per heavy atom. The summed E-state index contributed by atoms with van der Waals surface area (Å²) >= 11 is 0. The Balaban J connectivity index is 1.41. The fourth-order valence-electron chi connectivity index (χ4n) is 3.36. The highest BCUT2D eigenvalue weighted by atomic mass is 32.2. The first-order valence-corrected chi connectivity index (χ1v) is 13.2. The predicted molar refractivity (Wildman–Crippen MR) is 142 cm³/mol. The number of carbonyl (C=O) groups is 3. The molecule has 0 bridgehead atoms. The SMILES string of the molecule is Cc1cccc(S(=O)(=O)NC(=O)NCCCNC(=O)c2ccc(NC(=O)Nc3ccc(F)c(C)c3)c(F)c2)c1. The van der Waals surface area contributed by atoms with Crippen LogP contribution in [0, 0.1) is 25.5 Å². The van der Waals surface area contributed by atoms with E-state index in [9.17, 15) is 31.6 Å². The molecule has 0 fully saturated rings. The molecule has 3 aromatic carbocycles. The van der Waals surface area contributed by atoms with E-state index in [1.165, 1.54) is 49.4 Å². The third-order valence-corrected chi connectivity index (χ3v) is 6.68. The van der Waals surface area contributed by atoms with Gasteiger partial charge in [0.15, 0.2) is 0 Å². The van der Waals surface area contributed by atoms with Gasteiger partial charge in [0.25, 0.3) is 15.9 Å². The quantitative estimate of drug-likeness (QED) is 0.251. The predicted octanol–water partition coefficient (Wildman–Crippen LogP) is 4.03. The van der Waals surface area contributed by atoms with E-state index in [0.717, 1.165) is 11.6 Å². The molecule has 39 heavy (non-hydrogen) atoms. The third-order valence-electron chi connectivity index (χ3n) is 5.35. The second-order valence-corrected chi connectivity index (χ2v) is 10.2. The summed E-state index contributed by atoms with van der Waals surface area (Å²) in [5, 5.41) is 9.73. The lowest BCUT2D eigenvalue weighted by Gasteiger charge is -2.11. The Hall–Kier alpha value is -4.52. The number of sulfonamides is 1. The maximum atomic E-state index is 14.5. The average molecular weight is 560 g/mol. The first-order chi connectivity index (χ1) is 18.4. The standard InChI is InChI=1S/C26H27F2N5O5S/c1-16-5-3-6-20(13-16)39(37,38)33-25(35)30-12-4-11-29-24(34)18-7-10-23(22(28)15-18)32-26(36)31-19-8-9-21(27)17(2)14-19/h3,5-10,13-15H,4,11-12H2,1-2H3,(H,29,34)(H2,30,33,35)(H2,31,32,36). The van der Waals surface area contributed by atoms with E-state index in [0.29, 0.717) is 11.3 Å². The van der Waals surface area contributed by atoms with Gasteiger partial charge in [-0.2, -0.15) is 0 Å². The van der Waals surface area contributed by atoms with Crippen LogP contribution in [0.2, 0.25) is 0 Å². The van der Waals surface area contributed by atoms with Crippen LogP contribution in [0.3, 0.4) is 0 Å². The number of hydrogen-bond donors (Lipinski definition) is 5. The summed E-state index contributed by atoms with van der Waals surface area (Å²) in [6, 6.07) is 11.9. The van der Waals surface area contributed by atoms with Gasteiger partial charge >= 0.3 is 12.1 Å². The molecule has 3 aromatic rings. The largest absolute Gasteiger partial charge is 0.352 e. The minimum Gasteiger partial charge on any atom is -0.352 e. The number of anilines is 2. The van der Waals surface area contributed by atoms with Gasteiger partial charge in [0.05, 0.1) is 10.6 Å². The normalized spacial score (nSPS) is 10.9. The van der Waals surface area contributed by atoms with Crippen molar-refractivity contribution in [3.63, 3.8) is 0 Å². The first kappa shape index (κ1) is 29.0. The molecule has 0 aliphatic heterocycles. The van der Waals surface area contributed by atoms with Gasteiger partial charge in [-0.15, -0.1) is 0 Å². The molecule has 206 valence electrons. The van der Waals surface area contributed by atoms with Gasteiger partial charge < -0.3 is 21.3 Å². The van der Waals surface area contributed by atoms with Gasteiger partial charge in [-0.3, -0.25) is 4.79 Å². The van der Waals surface area contributed by atoms with Crippen molar-refractivity contribution < 1.29 is 31.6 Å². The second kappa shape index (κ2) is 12.8. The maximum absolute atomic E-state index is 14.5. The van der Waals surface area contributed by atoms with Crippen LogP contribution in [0.1, 0.15) is 27.9 Å². The van der Waals surface area contributed by atoms with Crippen molar-refractivity contribution in [3.05, 3.63) is 89.0 Å². The highest BCUT2D eigenvalue weighted by Crippen LogP contribution is 2.18. The molecule has 0 aliphatic rings. The summed E-state index contributed by atoms with van der Waals surface area (Å²) in [5.74, 6) is -1.86.